The molecule has 4 nitrogen and oxygen atoms in total. The number of ether oxygens (including phenoxy) is 1. The summed E-state index contributed by atoms with van der Waals surface area (Å²) < 4.78 is 5.78. The van der Waals surface area contributed by atoms with Gasteiger partial charge in [-0.25, -0.2) is 0 Å². The number of benzene rings is 1. The number of hydrogen-bond donors (Lipinski definition) is 2. The van der Waals surface area contributed by atoms with Gasteiger partial charge in [0.05, 0.1) is 6.04 Å². The van der Waals surface area contributed by atoms with Crippen LogP contribution in [0.5, 0.6) is 5.75 Å². The predicted molar refractivity (Wildman–Crippen MR) is 101 cm³/mol. The molecule has 2 unspecified atom stereocenters. The summed E-state index contributed by atoms with van der Waals surface area (Å²) in [6, 6.07) is 8.54. The normalized spacial score (nSPS) is 18.6. The van der Waals surface area contributed by atoms with Gasteiger partial charge in [0.15, 0.2) is 0 Å². The van der Waals surface area contributed by atoms with Crippen LogP contribution >= 0.6 is 12.4 Å². The van der Waals surface area contributed by atoms with E-state index in [2.05, 4.69) is 43.5 Å². The van der Waals surface area contributed by atoms with Crippen LogP contribution < -0.4 is 15.4 Å². The van der Waals surface area contributed by atoms with Crippen LogP contribution in [-0.2, 0) is 10.2 Å². The maximum absolute atomic E-state index is 12.0. The van der Waals surface area contributed by atoms with Crippen molar-refractivity contribution in [1.29, 1.82) is 0 Å². The number of nitrogens with one attached hydrogen (secondary N) is 2. The Hall–Kier alpha value is -1.26. The van der Waals surface area contributed by atoms with E-state index in [9.17, 15) is 4.79 Å². The molecule has 1 heterocycles. The Labute approximate surface area is 152 Å². The molecule has 1 saturated heterocycles. The van der Waals surface area contributed by atoms with Gasteiger partial charge in [-0.1, -0.05) is 32.9 Å². The zero-order valence-corrected chi connectivity index (χ0v) is 16.0. The van der Waals surface area contributed by atoms with Crippen LogP contribution in [-0.4, -0.2) is 31.1 Å². The molecular weight excluding hydrogens is 324 g/mol. The molecule has 0 radical (unpaired) electrons. The van der Waals surface area contributed by atoms with Crippen molar-refractivity contribution in [3.05, 3.63) is 29.8 Å². The summed E-state index contributed by atoms with van der Waals surface area (Å²) in [5.41, 5.74) is 1.43. The molecule has 2 atom stereocenters. The molecule has 1 aromatic rings. The first-order valence-corrected chi connectivity index (χ1v) is 8.60. The first-order chi connectivity index (χ1) is 10.8. The number of halogens is 1. The van der Waals surface area contributed by atoms with E-state index in [1.807, 2.05) is 19.1 Å². The third-order valence-corrected chi connectivity index (χ3v) is 4.22. The van der Waals surface area contributed by atoms with E-state index in [0.29, 0.717) is 19.1 Å². The van der Waals surface area contributed by atoms with Crippen LogP contribution in [0.2, 0.25) is 0 Å². The maximum atomic E-state index is 12.0. The summed E-state index contributed by atoms with van der Waals surface area (Å²) >= 11 is 0. The van der Waals surface area contributed by atoms with Crippen molar-refractivity contribution in [2.24, 2.45) is 0 Å². The summed E-state index contributed by atoms with van der Waals surface area (Å²) in [5, 5.41) is 6.35. The fourth-order valence-corrected chi connectivity index (χ4v) is 2.80. The van der Waals surface area contributed by atoms with E-state index < -0.39 is 0 Å². The van der Waals surface area contributed by atoms with Gasteiger partial charge >= 0.3 is 0 Å². The third-order valence-electron chi connectivity index (χ3n) is 4.22. The van der Waals surface area contributed by atoms with E-state index in [4.69, 9.17) is 4.74 Å². The molecule has 24 heavy (non-hydrogen) atoms. The van der Waals surface area contributed by atoms with E-state index in [1.165, 1.54) is 12.0 Å². The van der Waals surface area contributed by atoms with Crippen molar-refractivity contribution in [3.63, 3.8) is 0 Å². The molecule has 0 aromatic heterocycles. The first kappa shape index (κ1) is 20.8. The highest BCUT2D eigenvalue weighted by atomic mass is 35.5. The van der Waals surface area contributed by atoms with Crippen LogP contribution in [0.1, 0.15) is 52.5 Å². The molecule has 136 valence electrons. The molecule has 2 rings (SSSR count). The zero-order valence-electron chi connectivity index (χ0n) is 15.2. The maximum Gasteiger partial charge on any atom is 0.221 e. The molecule has 0 bridgehead atoms. The molecule has 0 spiro atoms. The third kappa shape index (κ3) is 6.70. The van der Waals surface area contributed by atoms with Gasteiger partial charge in [0.25, 0.3) is 0 Å². The Morgan fingerprint density at radius 2 is 2.00 bits per heavy atom. The molecule has 1 aromatic carbocycles. The second-order valence-corrected chi connectivity index (χ2v) is 7.55. The van der Waals surface area contributed by atoms with Crippen LogP contribution in [0.4, 0.5) is 0 Å². The van der Waals surface area contributed by atoms with Gasteiger partial charge in [0.1, 0.15) is 12.4 Å². The van der Waals surface area contributed by atoms with E-state index >= 15 is 0 Å². The lowest BCUT2D eigenvalue weighted by Gasteiger charge is -2.20. The number of carbonyl (C=O) groups excluding carboxylic acids is 1. The average molecular weight is 355 g/mol. The lowest BCUT2D eigenvalue weighted by molar-refractivity contribution is -0.122. The van der Waals surface area contributed by atoms with Gasteiger partial charge in [0, 0.05) is 12.5 Å². The predicted octanol–water partition coefficient (Wildman–Crippen LogP) is 3.43. The Balaban J connectivity index is 0.00000288. The van der Waals surface area contributed by atoms with Gasteiger partial charge in [-0.05, 0) is 49.4 Å². The molecule has 1 fully saturated rings. The zero-order chi connectivity index (χ0) is 16.9. The smallest absolute Gasteiger partial charge is 0.221 e. The molecule has 5 heteroatoms. The van der Waals surface area contributed by atoms with Crippen LogP contribution in [0.3, 0.4) is 0 Å². The minimum atomic E-state index is 0. The number of rotatable bonds is 6. The number of hydrogen-bond acceptors (Lipinski definition) is 3. The van der Waals surface area contributed by atoms with Crippen molar-refractivity contribution in [1.82, 2.24) is 10.6 Å². The molecule has 1 aliphatic rings. The van der Waals surface area contributed by atoms with Crippen LogP contribution in [0, 0.1) is 0 Å². The minimum Gasteiger partial charge on any atom is -0.491 e. The average Bonchev–Trinajstić information content (AvgIpc) is 2.97. The van der Waals surface area contributed by atoms with Crippen LogP contribution in [0.15, 0.2) is 24.3 Å². The largest absolute Gasteiger partial charge is 0.491 e. The van der Waals surface area contributed by atoms with Gasteiger partial charge in [-0.15, -0.1) is 12.4 Å². The van der Waals surface area contributed by atoms with Gasteiger partial charge in [0.2, 0.25) is 5.91 Å². The van der Waals surface area contributed by atoms with Crippen molar-refractivity contribution in [3.8, 4) is 5.75 Å². The van der Waals surface area contributed by atoms with E-state index in [0.717, 1.165) is 18.7 Å². The monoisotopic (exact) mass is 354 g/mol. The molecule has 0 saturated carbocycles. The highest BCUT2D eigenvalue weighted by molar-refractivity contribution is 5.85. The quantitative estimate of drug-likeness (QED) is 0.822. The Bertz CT molecular complexity index is 505. The summed E-state index contributed by atoms with van der Waals surface area (Å²) in [4.78, 5) is 12.0. The first-order valence-electron chi connectivity index (χ1n) is 8.60. The number of amides is 1. The SMILES string of the molecule is CC(COc1ccc(C(C)(C)C)cc1)NC(=O)CC1CCCN1.Cl. The fraction of sp³-hybridized carbons (Fsp3) is 0.632. The highest BCUT2D eigenvalue weighted by Gasteiger charge is 2.18. The lowest BCUT2D eigenvalue weighted by Crippen LogP contribution is -2.39. The molecule has 1 aliphatic heterocycles. The van der Waals surface area contributed by atoms with E-state index in [1.54, 1.807) is 0 Å². The fourth-order valence-electron chi connectivity index (χ4n) is 2.80. The highest BCUT2D eigenvalue weighted by Crippen LogP contribution is 2.24. The van der Waals surface area contributed by atoms with E-state index in [-0.39, 0.29) is 29.8 Å². The number of carbonyl (C=O) groups is 1. The van der Waals surface area contributed by atoms with Crippen molar-refractivity contribution in [2.45, 2.75) is 64.5 Å². The Morgan fingerprint density at radius 1 is 1.33 bits per heavy atom. The second kappa shape index (κ2) is 9.28. The standard InChI is InChI=1S/C19H30N2O2.ClH/c1-14(21-18(22)12-16-6-5-11-20-16)13-23-17-9-7-15(8-10-17)19(2,3)4;/h7-10,14,16,20H,5-6,11-13H2,1-4H3,(H,21,22);1H. The minimum absolute atomic E-state index is 0. The van der Waals surface area contributed by atoms with Crippen molar-refractivity contribution >= 4 is 18.3 Å². The van der Waals surface area contributed by atoms with Gasteiger partial charge in [-0.3, -0.25) is 4.79 Å². The molecular formula is C19H31ClN2O2. The Morgan fingerprint density at radius 3 is 2.54 bits per heavy atom. The topological polar surface area (TPSA) is 50.4 Å². The molecule has 2 N–H and O–H groups in total. The summed E-state index contributed by atoms with van der Waals surface area (Å²) in [7, 11) is 0. The van der Waals surface area contributed by atoms with Gasteiger partial charge in [-0.2, -0.15) is 0 Å². The van der Waals surface area contributed by atoms with Crippen molar-refractivity contribution < 1.29 is 9.53 Å². The van der Waals surface area contributed by atoms with Crippen LogP contribution in [0.25, 0.3) is 0 Å². The molecule has 1 amide bonds. The lowest BCUT2D eigenvalue weighted by atomic mass is 9.87. The van der Waals surface area contributed by atoms with Gasteiger partial charge < -0.3 is 15.4 Å². The summed E-state index contributed by atoms with van der Waals surface area (Å²) in [5.74, 6) is 0.945. The summed E-state index contributed by atoms with van der Waals surface area (Å²) in [6.07, 6.45) is 2.82. The summed E-state index contributed by atoms with van der Waals surface area (Å²) in [6.45, 7) is 10.1. The van der Waals surface area contributed by atoms with Crippen molar-refractivity contribution in [2.75, 3.05) is 13.2 Å². The molecule has 0 aliphatic carbocycles. The second-order valence-electron chi connectivity index (χ2n) is 7.55. The Kier molecular flexibility index (Phi) is 8.04.